The lowest BCUT2D eigenvalue weighted by molar-refractivity contribution is -0.143. The van der Waals surface area contributed by atoms with Crippen LogP contribution in [0.3, 0.4) is 0 Å². The minimum absolute atomic E-state index is 0.000722. The van der Waals surface area contributed by atoms with E-state index in [1.807, 2.05) is 30.3 Å². The highest BCUT2D eigenvalue weighted by atomic mass is 31.2. The molecule has 8 nitrogen and oxygen atoms in total. The summed E-state index contributed by atoms with van der Waals surface area (Å²) >= 11 is 0. The van der Waals surface area contributed by atoms with Crippen molar-refractivity contribution in [2.24, 2.45) is 11.7 Å². The zero-order valence-electron chi connectivity index (χ0n) is 11.1. The largest absolute Gasteiger partial charge is 0.481 e. The molecule has 9 heteroatoms. The highest BCUT2D eigenvalue weighted by molar-refractivity contribution is 7.45. The first-order valence-electron chi connectivity index (χ1n) is 5.90. The summed E-state index contributed by atoms with van der Waals surface area (Å²) in [7, 11) is -4.64. The van der Waals surface area contributed by atoms with Crippen molar-refractivity contribution in [2.75, 3.05) is 6.54 Å². The van der Waals surface area contributed by atoms with Crippen LogP contribution in [0.4, 0.5) is 0 Å². The van der Waals surface area contributed by atoms with Gasteiger partial charge in [-0.05, 0) is 12.0 Å². The molecule has 6 N–H and O–H groups in total. The predicted molar refractivity (Wildman–Crippen MR) is 74.2 cm³/mol. The maximum Gasteiger partial charge on any atom is 0.466 e. The van der Waals surface area contributed by atoms with Crippen LogP contribution >= 0.6 is 7.82 Å². The minimum Gasteiger partial charge on any atom is -0.481 e. The van der Waals surface area contributed by atoms with Gasteiger partial charge in [0.05, 0.1) is 12.5 Å². The van der Waals surface area contributed by atoms with Gasteiger partial charge in [-0.1, -0.05) is 30.3 Å². The zero-order chi connectivity index (χ0) is 16.5. The molecule has 118 valence electrons. The summed E-state index contributed by atoms with van der Waals surface area (Å²) in [4.78, 5) is 43.7. The van der Waals surface area contributed by atoms with E-state index in [0.717, 1.165) is 5.56 Å². The molecule has 1 atom stereocenters. The number of carboxylic acid groups (broad SMARTS) is 1. The van der Waals surface area contributed by atoms with Crippen molar-refractivity contribution >= 4 is 19.6 Å². The molecule has 0 amide bonds. The van der Waals surface area contributed by atoms with Crippen molar-refractivity contribution in [1.82, 2.24) is 0 Å². The predicted octanol–water partition coefficient (Wildman–Crippen LogP) is -0.0808. The first-order valence-corrected chi connectivity index (χ1v) is 7.46. The molecular weight excluding hydrogens is 301 g/mol. The number of Topliss-reactive ketones (excluding diaryl/α,β-unsaturated/α-hetero) is 1. The number of ketones is 1. The third kappa shape index (κ3) is 11.9. The summed E-state index contributed by atoms with van der Waals surface area (Å²) in [5.41, 5.74) is 6.09. The number of carbonyl (C=O) groups is 2. The molecule has 1 rings (SSSR count). The summed E-state index contributed by atoms with van der Waals surface area (Å²) in [6.45, 7) is -0.0986. The number of benzene rings is 1. The number of hydrogen-bond donors (Lipinski definition) is 5. The number of aliphatic carboxylic acids is 1. The molecule has 1 aromatic carbocycles. The van der Waals surface area contributed by atoms with Crippen LogP contribution in [-0.2, 0) is 20.6 Å². The Morgan fingerprint density at radius 2 is 1.62 bits per heavy atom. The van der Waals surface area contributed by atoms with Gasteiger partial charge in [-0.3, -0.25) is 9.59 Å². The zero-order valence-corrected chi connectivity index (χ0v) is 12.0. The second-order valence-corrected chi connectivity index (χ2v) is 5.21. The van der Waals surface area contributed by atoms with Gasteiger partial charge in [0.2, 0.25) is 0 Å². The molecule has 1 unspecified atom stereocenters. The number of nitrogens with two attached hydrogens (primary N) is 1. The van der Waals surface area contributed by atoms with Crippen LogP contribution in [0.1, 0.15) is 12.0 Å². The molecule has 0 aromatic heterocycles. The average Bonchev–Trinajstić information content (AvgIpc) is 2.37. The van der Waals surface area contributed by atoms with Crippen LogP contribution in [0, 0.1) is 5.92 Å². The molecule has 0 fully saturated rings. The van der Waals surface area contributed by atoms with Crippen LogP contribution < -0.4 is 5.73 Å². The van der Waals surface area contributed by atoms with E-state index in [1.165, 1.54) is 0 Å². The second-order valence-electron chi connectivity index (χ2n) is 4.19. The third-order valence-corrected chi connectivity index (χ3v) is 2.38. The topological polar surface area (TPSA) is 158 Å². The van der Waals surface area contributed by atoms with Crippen LogP contribution in [-0.4, -0.2) is 38.1 Å². The molecule has 0 heterocycles. The fourth-order valence-electron chi connectivity index (χ4n) is 1.50. The van der Waals surface area contributed by atoms with E-state index >= 15 is 0 Å². The summed E-state index contributed by atoms with van der Waals surface area (Å²) in [5, 5.41) is 8.99. The maximum atomic E-state index is 11.1. The molecule has 0 saturated heterocycles. The molecule has 0 radical (unpaired) electrons. The lowest BCUT2D eigenvalue weighted by Crippen LogP contribution is -2.24. The Balaban J connectivity index is 0.000000690. The van der Waals surface area contributed by atoms with Gasteiger partial charge >= 0.3 is 13.8 Å². The summed E-state index contributed by atoms with van der Waals surface area (Å²) in [6, 6.07) is 9.26. The first kappa shape index (κ1) is 19.4. The van der Waals surface area contributed by atoms with E-state index in [-0.39, 0.29) is 18.7 Å². The van der Waals surface area contributed by atoms with Crippen molar-refractivity contribution in [3.05, 3.63) is 35.9 Å². The lowest BCUT2D eigenvalue weighted by Gasteiger charge is -2.10. The molecule has 1 aromatic rings. The average molecular weight is 319 g/mol. The number of carbonyl (C=O) groups excluding carboxylic acids is 1. The molecule has 0 aliphatic carbocycles. The quantitative estimate of drug-likeness (QED) is 0.455. The van der Waals surface area contributed by atoms with E-state index in [1.54, 1.807) is 0 Å². The van der Waals surface area contributed by atoms with Gasteiger partial charge in [0.25, 0.3) is 0 Å². The van der Waals surface area contributed by atoms with Crippen LogP contribution in [0.5, 0.6) is 0 Å². The normalized spacial score (nSPS) is 12.0. The molecule has 0 aliphatic heterocycles. The van der Waals surface area contributed by atoms with E-state index in [9.17, 15) is 9.59 Å². The van der Waals surface area contributed by atoms with Crippen molar-refractivity contribution in [3.8, 4) is 0 Å². The van der Waals surface area contributed by atoms with Crippen LogP contribution in [0.15, 0.2) is 30.3 Å². The van der Waals surface area contributed by atoms with Crippen LogP contribution in [0.2, 0.25) is 0 Å². The molecule has 21 heavy (non-hydrogen) atoms. The molecular formula is C12H18NO7P. The van der Waals surface area contributed by atoms with Crippen molar-refractivity contribution in [1.29, 1.82) is 0 Å². The van der Waals surface area contributed by atoms with Crippen molar-refractivity contribution < 1.29 is 33.9 Å². The van der Waals surface area contributed by atoms with Crippen molar-refractivity contribution in [2.45, 2.75) is 12.8 Å². The Labute approximate surface area is 121 Å². The fraction of sp³-hybridized carbons (Fsp3) is 0.333. The Morgan fingerprint density at radius 1 is 1.14 bits per heavy atom. The van der Waals surface area contributed by atoms with Gasteiger partial charge < -0.3 is 25.5 Å². The van der Waals surface area contributed by atoms with E-state index in [4.69, 9.17) is 30.1 Å². The smallest absolute Gasteiger partial charge is 0.466 e. The third-order valence-electron chi connectivity index (χ3n) is 2.38. The highest BCUT2D eigenvalue weighted by Crippen LogP contribution is 2.25. The highest BCUT2D eigenvalue weighted by Gasteiger charge is 2.20. The van der Waals surface area contributed by atoms with E-state index in [0.29, 0.717) is 6.42 Å². The Hall–Kier alpha value is -1.57. The van der Waals surface area contributed by atoms with Gasteiger partial charge in [0, 0.05) is 6.42 Å². The molecule has 0 aliphatic rings. The number of rotatable bonds is 6. The Morgan fingerprint density at radius 3 is 2.00 bits per heavy atom. The van der Waals surface area contributed by atoms with Crippen molar-refractivity contribution in [3.63, 3.8) is 0 Å². The van der Waals surface area contributed by atoms with Crippen LogP contribution in [0.25, 0.3) is 0 Å². The Kier molecular flexibility index (Phi) is 8.68. The Bertz CT molecular complexity index is 491. The maximum absolute atomic E-state index is 11.1. The SMILES string of the molecule is NCC(=O)CC(Cc1ccccc1)C(=O)O.O=P(O)(O)O. The fourth-order valence-corrected chi connectivity index (χ4v) is 1.50. The molecule has 0 bridgehead atoms. The van der Waals surface area contributed by atoms with E-state index < -0.39 is 19.7 Å². The standard InChI is InChI=1S/C12H15NO3.H3O4P/c13-8-11(14)7-10(12(15)16)6-9-4-2-1-3-5-9;1-5(2,3)4/h1-5,10H,6-8,13H2,(H,15,16);(H3,1,2,3,4). The molecule has 0 saturated carbocycles. The number of phosphoric acid groups is 1. The van der Waals surface area contributed by atoms with Gasteiger partial charge in [0.15, 0.2) is 0 Å². The molecule has 0 spiro atoms. The van der Waals surface area contributed by atoms with Gasteiger partial charge in [-0.15, -0.1) is 0 Å². The monoisotopic (exact) mass is 319 g/mol. The second kappa shape index (κ2) is 9.38. The van der Waals surface area contributed by atoms with E-state index in [2.05, 4.69) is 0 Å². The van der Waals surface area contributed by atoms with Gasteiger partial charge in [-0.2, -0.15) is 0 Å². The summed E-state index contributed by atoms with van der Waals surface area (Å²) in [6.07, 6.45) is 0.364. The summed E-state index contributed by atoms with van der Waals surface area (Å²) < 4.78 is 8.88. The van der Waals surface area contributed by atoms with Gasteiger partial charge in [-0.25, -0.2) is 4.57 Å². The minimum atomic E-state index is -4.64. The lowest BCUT2D eigenvalue weighted by atomic mass is 9.94. The first-order chi connectivity index (χ1) is 9.63. The van der Waals surface area contributed by atoms with Gasteiger partial charge in [0.1, 0.15) is 5.78 Å². The summed E-state index contributed by atoms with van der Waals surface area (Å²) in [5.74, 6) is -1.85. The number of carboxylic acids is 1. The number of hydrogen-bond acceptors (Lipinski definition) is 4.